The maximum atomic E-state index is 11.9. The maximum absolute atomic E-state index is 11.9. The molecule has 154 valence electrons. The van der Waals surface area contributed by atoms with E-state index >= 15 is 0 Å². The van der Waals surface area contributed by atoms with Crippen LogP contribution in [0.2, 0.25) is 0 Å². The third kappa shape index (κ3) is 6.03. The Kier molecular flexibility index (Phi) is 6.94. The van der Waals surface area contributed by atoms with Crippen molar-refractivity contribution in [2.24, 2.45) is 0 Å². The van der Waals surface area contributed by atoms with Crippen LogP contribution in [0.5, 0.6) is 0 Å². The summed E-state index contributed by atoms with van der Waals surface area (Å²) in [5, 5.41) is 0. The Labute approximate surface area is 171 Å². The summed E-state index contributed by atoms with van der Waals surface area (Å²) in [6, 6.07) is 16.3. The van der Waals surface area contributed by atoms with Crippen molar-refractivity contribution in [2.75, 3.05) is 0 Å². The third-order valence-electron chi connectivity index (χ3n) is 4.22. The van der Waals surface area contributed by atoms with Crippen LogP contribution in [0.25, 0.3) is 0 Å². The highest BCUT2D eigenvalue weighted by atomic mass is 16.5. The maximum Gasteiger partial charge on any atom is 0.326 e. The van der Waals surface area contributed by atoms with Gasteiger partial charge >= 0.3 is 11.9 Å². The van der Waals surface area contributed by atoms with Gasteiger partial charge in [-0.3, -0.25) is 19.2 Å². The smallest absolute Gasteiger partial charge is 0.326 e. The molecule has 0 bridgehead atoms. The number of hydrogen-bond donors (Lipinski definition) is 0. The van der Waals surface area contributed by atoms with Crippen molar-refractivity contribution < 1.29 is 19.1 Å². The molecule has 0 N–H and O–H groups in total. The van der Waals surface area contributed by atoms with E-state index in [1.165, 1.54) is 33.7 Å². The van der Waals surface area contributed by atoms with Crippen molar-refractivity contribution in [1.29, 1.82) is 0 Å². The van der Waals surface area contributed by atoms with Gasteiger partial charge in [0.15, 0.2) is 0 Å². The number of nitrogens with zero attached hydrogens (tertiary/aromatic N) is 2. The van der Waals surface area contributed by atoms with E-state index in [1.807, 2.05) is 0 Å². The molecule has 2 heterocycles. The molecule has 0 unspecified atom stereocenters. The summed E-state index contributed by atoms with van der Waals surface area (Å²) >= 11 is 0. The highest BCUT2D eigenvalue weighted by molar-refractivity contribution is 5.69. The second-order valence-electron chi connectivity index (χ2n) is 6.47. The number of esters is 2. The van der Waals surface area contributed by atoms with Crippen LogP contribution in [0.1, 0.15) is 11.1 Å². The first-order valence-electron chi connectivity index (χ1n) is 9.21. The molecule has 0 atom stereocenters. The molecule has 30 heavy (non-hydrogen) atoms. The molecule has 8 nitrogen and oxygen atoms in total. The Bertz CT molecular complexity index is 1040. The van der Waals surface area contributed by atoms with Crippen molar-refractivity contribution in [1.82, 2.24) is 9.13 Å². The molecule has 0 saturated carbocycles. The van der Waals surface area contributed by atoms with Crippen LogP contribution < -0.4 is 11.1 Å². The third-order valence-corrected chi connectivity index (χ3v) is 4.22. The van der Waals surface area contributed by atoms with Gasteiger partial charge in [-0.05, 0) is 23.3 Å². The fraction of sp³-hybridized carbons (Fsp3) is 0.182. The van der Waals surface area contributed by atoms with Gasteiger partial charge in [-0.2, -0.15) is 0 Å². The van der Waals surface area contributed by atoms with Crippen molar-refractivity contribution in [3.05, 3.63) is 105 Å². The van der Waals surface area contributed by atoms with E-state index in [1.54, 1.807) is 48.5 Å². The van der Waals surface area contributed by atoms with Crippen molar-refractivity contribution in [3.63, 3.8) is 0 Å². The SMILES string of the molecule is O=C(Cn1ccccc1=O)OCc1ccc(COC(=O)Cn2ccccc2=O)cc1. The predicted octanol–water partition coefficient (Wildman–Crippen LogP) is 1.50. The van der Waals surface area contributed by atoms with Gasteiger partial charge in [-0.15, -0.1) is 0 Å². The number of pyridine rings is 2. The normalized spacial score (nSPS) is 10.4. The van der Waals surface area contributed by atoms with Crippen molar-refractivity contribution >= 4 is 11.9 Å². The lowest BCUT2D eigenvalue weighted by Gasteiger charge is -2.09. The largest absolute Gasteiger partial charge is 0.459 e. The van der Waals surface area contributed by atoms with Crippen LogP contribution in [0.4, 0.5) is 0 Å². The molecule has 0 spiro atoms. The zero-order valence-electron chi connectivity index (χ0n) is 16.1. The molecule has 0 aliphatic carbocycles. The van der Waals surface area contributed by atoms with Gasteiger partial charge in [0.25, 0.3) is 11.1 Å². The van der Waals surface area contributed by atoms with Crippen LogP contribution >= 0.6 is 0 Å². The van der Waals surface area contributed by atoms with Crippen LogP contribution in [0.3, 0.4) is 0 Å². The zero-order valence-corrected chi connectivity index (χ0v) is 16.1. The molecule has 8 heteroatoms. The highest BCUT2D eigenvalue weighted by Crippen LogP contribution is 2.08. The molecule has 2 aromatic heterocycles. The molecule has 0 amide bonds. The Balaban J connectivity index is 1.44. The minimum atomic E-state index is -0.516. The van der Waals surface area contributed by atoms with Gasteiger partial charge in [-0.1, -0.05) is 36.4 Å². The van der Waals surface area contributed by atoms with E-state index in [4.69, 9.17) is 9.47 Å². The Morgan fingerprint density at radius 2 is 1.03 bits per heavy atom. The minimum absolute atomic E-state index is 0.0669. The van der Waals surface area contributed by atoms with Crippen molar-refractivity contribution in [3.8, 4) is 0 Å². The average Bonchev–Trinajstić information content (AvgIpc) is 2.75. The Morgan fingerprint density at radius 3 is 1.40 bits per heavy atom. The van der Waals surface area contributed by atoms with Gasteiger partial charge in [0, 0.05) is 24.5 Å². The average molecular weight is 408 g/mol. The molecule has 1 aromatic carbocycles. The number of carbonyl (C=O) groups excluding carboxylic acids is 2. The van der Waals surface area contributed by atoms with Gasteiger partial charge in [0.2, 0.25) is 0 Å². The van der Waals surface area contributed by atoms with Gasteiger partial charge < -0.3 is 18.6 Å². The van der Waals surface area contributed by atoms with Crippen LogP contribution in [0.15, 0.2) is 82.6 Å². The molecule has 0 aliphatic heterocycles. The number of benzene rings is 1. The summed E-state index contributed by atoms with van der Waals surface area (Å²) in [4.78, 5) is 47.0. The second kappa shape index (κ2) is 10.0. The Morgan fingerprint density at radius 1 is 0.633 bits per heavy atom. The molecule has 0 fully saturated rings. The molecule has 3 rings (SSSR count). The summed E-state index contributed by atoms with van der Waals surface area (Å²) in [5.74, 6) is -1.03. The summed E-state index contributed by atoms with van der Waals surface area (Å²) in [7, 11) is 0. The van der Waals surface area contributed by atoms with Crippen LogP contribution in [0, 0.1) is 0 Å². The topological polar surface area (TPSA) is 96.6 Å². The quantitative estimate of drug-likeness (QED) is 0.524. The first kappa shape index (κ1) is 20.8. The number of aromatic nitrogens is 2. The van der Waals surface area contributed by atoms with Crippen LogP contribution in [-0.4, -0.2) is 21.1 Å². The summed E-state index contributed by atoms with van der Waals surface area (Å²) < 4.78 is 12.9. The lowest BCUT2D eigenvalue weighted by atomic mass is 10.1. The number of ether oxygens (including phenoxy) is 2. The standard InChI is InChI=1S/C22H20N2O6/c25-19-5-1-3-11-23(19)13-21(27)29-15-17-7-9-18(10-8-17)16-30-22(28)14-24-12-4-2-6-20(24)26/h1-12H,13-16H2. The van der Waals surface area contributed by atoms with Gasteiger partial charge in [0.05, 0.1) is 0 Å². The summed E-state index contributed by atoms with van der Waals surface area (Å²) in [6.45, 7) is -0.175. The number of rotatable bonds is 8. The Hall–Kier alpha value is -3.94. The minimum Gasteiger partial charge on any atom is -0.459 e. The molecule has 0 radical (unpaired) electrons. The lowest BCUT2D eigenvalue weighted by Crippen LogP contribution is -2.23. The first-order chi connectivity index (χ1) is 14.5. The highest BCUT2D eigenvalue weighted by Gasteiger charge is 2.08. The lowest BCUT2D eigenvalue weighted by molar-refractivity contribution is -0.146. The van der Waals surface area contributed by atoms with Gasteiger partial charge in [0.1, 0.15) is 26.3 Å². The van der Waals surface area contributed by atoms with E-state index in [2.05, 4.69) is 0 Å². The molecule has 3 aromatic rings. The number of hydrogen-bond acceptors (Lipinski definition) is 6. The monoisotopic (exact) mass is 408 g/mol. The van der Waals surface area contributed by atoms with Crippen molar-refractivity contribution in [2.45, 2.75) is 26.3 Å². The molecule has 0 saturated heterocycles. The second-order valence-corrected chi connectivity index (χ2v) is 6.47. The number of carbonyl (C=O) groups is 2. The fourth-order valence-electron chi connectivity index (χ4n) is 2.61. The molecule has 0 aliphatic rings. The summed E-state index contributed by atoms with van der Waals surface area (Å²) in [5.41, 5.74) is 0.973. The first-order valence-corrected chi connectivity index (χ1v) is 9.21. The summed E-state index contributed by atoms with van der Waals surface area (Å²) in [6.07, 6.45) is 3.04. The van der Waals surface area contributed by atoms with E-state index in [0.717, 1.165) is 11.1 Å². The predicted molar refractivity (Wildman–Crippen MR) is 107 cm³/mol. The van der Waals surface area contributed by atoms with E-state index in [-0.39, 0.29) is 37.4 Å². The van der Waals surface area contributed by atoms with Crippen LogP contribution in [-0.2, 0) is 45.4 Å². The zero-order chi connectivity index (χ0) is 21.3. The van der Waals surface area contributed by atoms with E-state index < -0.39 is 11.9 Å². The molecular weight excluding hydrogens is 388 g/mol. The molecular formula is C22H20N2O6. The van der Waals surface area contributed by atoms with E-state index in [9.17, 15) is 19.2 Å². The van der Waals surface area contributed by atoms with Gasteiger partial charge in [-0.25, -0.2) is 0 Å². The fourth-order valence-corrected chi connectivity index (χ4v) is 2.61. The van der Waals surface area contributed by atoms with E-state index in [0.29, 0.717) is 0 Å².